The predicted molar refractivity (Wildman–Crippen MR) is 273 cm³/mol. The second-order valence-corrected chi connectivity index (χ2v) is 18.0. The van der Waals surface area contributed by atoms with Gasteiger partial charge in [0, 0.05) is 69.6 Å². The summed E-state index contributed by atoms with van der Waals surface area (Å²) >= 11 is 1.87. The first-order valence-electron chi connectivity index (χ1n) is 21.9. The summed E-state index contributed by atoms with van der Waals surface area (Å²) in [5.41, 5.74) is 15.4. The van der Waals surface area contributed by atoms with E-state index in [1.807, 2.05) is 11.3 Å². The molecule has 0 radical (unpaired) electrons. The fraction of sp³-hybridized carbons (Fsp3) is 0. The van der Waals surface area contributed by atoms with Gasteiger partial charge in [-0.1, -0.05) is 146 Å². The van der Waals surface area contributed by atoms with Crippen molar-refractivity contribution in [2.75, 3.05) is 0 Å². The highest BCUT2D eigenvalue weighted by molar-refractivity contribution is 7.25. The summed E-state index contributed by atoms with van der Waals surface area (Å²) in [5.74, 6) is 0. The molecule has 0 saturated carbocycles. The molecule has 0 aliphatic heterocycles. The Morgan fingerprint density at radius 1 is 0.219 bits per heavy atom. The van der Waals surface area contributed by atoms with Crippen molar-refractivity contribution in [3.63, 3.8) is 0 Å². The topological polar surface area (TPSA) is 14.8 Å². The van der Waals surface area contributed by atoms with Gasteiger partial charge in [-0.05, 0) is 101 Å². The van der Waals surface area contributed by atoms with Gasteiger partial charge in [0.05, 0.1) is 33.1 Å². The second kappa shape index (κ2) is 13.7. The maximum Gasteiger partial charge on any atom is 0.0555 e. The van der Waals surface area contributed by atoms with Crippen molar-refractivity contribution in [3.8, 4) is 39.3 Å². The number of fused-ring (bicyclic) bond motifs is 12. The molecule has 298 valence electrons. The number of nitrogens with zero attached hydrogens (tertiary/aromatic N) is 3. The first-order chi connectivity index (χ1) is 31.7. The fourth-order valence-electron chi connectivity index (χ4n) is 10.5. The molecule has 0 atom stereocenters. The zero-order valence-electron chi connectivity index (χ0n) is 34.6. The smallest absolute Gasteiger partial charge is 0.0555 e. The highest BCUT2D eigenvalue weighted by Crippen LogP contribution is 2.42. The number of benzene rings is 10. The van der Waals surface area contributed by atoms with Crippen molar-refractivity contribution < 1.29 is 0 Å². The van der Waals surface area contributed by atoms with Crippen LogP contribution in [0, 0.1) is 0 Å². The van der Waals surface area contributed by atoms with Gasteiger partial charge in [0.2, 0.25) is 0 Å². The van der Waals surface area contributed by atoms with Crippen LogP contribution in [0.3, 0.4) is 0 Å². The number of hydrogen-bond donors (Lipinski definition) is 0. The Morgan fingerprint density at radius 2 is 0.594 bits per heavy atom. The summed E-state index contributed by atoms with van der Waals surface area (Å²) in [6.07, 6.45) is 0. The normalized spacial score (nSPS) is 12.1. The number of thiophene rings is 1. The van der Waals surface area contributed by atoms with Gasteiger partial charge in [-0.25, -0.2) is 0 Å². The molecular formula is C60H37N3S. The molecule has 4 heteroatoms. The monoisotopic (exact) mass is 831 g/mol. The minimum absolute atomic E-state index is 1.13. The molecule has 0 bridgehead atoms. The average Bonchev–Trinajstić information content (AvgIpc) is 4.09. The first kappa shape index (κ1) is 35.4. The lowest BCUT2D eigenvalue weighted by Gasteiger charge is -2.16. The minimum Gasteiger partial charge on any atom is -0.309 e. The third-order valence-electron chi connectivity index (χ3n) is 13.4. The van der Waals surface area contributed by atoms with E-state index in [0.717, 1.165) is 22.6 Å². The maximum atomic E-state index is 2.43. The molecule has 0 fully saturated rings. The molecule has 3 nitrogen and oxygen atoms in total. The minimum atomic E-state index is 1.13. The van der Waals surface area contributed by atoms with Crippen LogP contribution in [-0.2, 0) is 0 Å². The Bertz CT molecular complexity index is 3940. The molecule has 14 rings (SSSR count). The zero-order chi connectivity index (χ0) is 41.9. The van der Waals surface area contributed by atoms with E-state index in [2.05, 4.69) is 238 Å². The van der Waals surface area contributed by atoms with Gasteiger partial charge < -0.3 is 13.7 Å². The number of hydrogen-bond acceptors (Lipinski definition) is 1. The van der Waals surface area contributed by atoms with Crippen LogP contribution < -0.4 is 0 Å². The lowest BCUT2D eigenvalue weighted by molar-refractivity contribution is 1.13. The molecule has 0 amide bonds. The van der Waals surface area contributed by atoms with E-state index in [4.69, 9.17) is 0 Å². The third-order valence-corrected chi connectivity index (χ3v) is 14.6. The molecule has 0 N–H and O–H groups in total. The van der Waals surface area contributed by atoms with Crippen LogP contribution in [0.4, 0.5) is 0 Å². The van der Waals surface area contributed by atoms with Crippen molar-refractivity contribution in [1.82, 2.24) is 13.7 Å². The summed E-state index contributed by atoms with van der Waals surface area (Å²) in [7, 11) is 0. The van der Waals surface area contributed by atoms with E-state index < -0.39 is 0 Å². The van der Waals surface area contributed by atoms with E-state index in [0.29, 0.717) is 0 Å². The van der Waals surface area contributed by atoms with E-state index in [1.165, 1.54) is 102 Å². The second-order valence-electron chi connectivity index (χ2n) is 16.9. The molecule has 4 aromatic heterocycles. The number of aromatic nitrogens is 3. The van der Waals surface area contributed by atoms with Crippen LogP contribution in [-0.4, -0.2) is 13.7 Å². The number of para-hydroxylation sites is 5. The van der Waals surface area contributed by atoms with Crippen LogP contribution in [0.5, 0.6) is 0 Å². The van der Waals surface area contributed by atoms with Crippen molar-refractivity contribution in [2.24, 2.45) is 0 Å². The summed E-state index contributed by atoms with van der Waals surface area (Å²) in [6.45, 7) is 0. The van der Waals surface area contributed by atoms with Crippen LogP contribution in [0.15, 0.2) is 224 Å². The van der Waals surface area contributed by atoms with Crippen molar-refractivity contribution >= 4 is 96.9 Å². The van der Waals surface area contributed by atoms with Crippen LogP contribution in [0.2, 0.25) is 0 Å². The lowest BCUT2D eigenvalue weighted by Crippen LogP contribution is -2.00. The number of rotatable bonds is 5. The quantitative estimate of drug-likeness (QED) is 0.164. The summed E-state index contributed by atoms with van der Waals surface area (Å²) in [5, 5.41) is 10.2. The molecule has 0 saturated heterocycles. The maximum absolute atomic E-state index is 2.43. The lowest BCUT2D eigenvalue weighted by atomic mass is 9.99. The summed E-state index contributed by atoms with van der Waals surface area (Å²) in [6, 6.07) is 82.7. The molecule has 0 aliphatic rings. The molecule has 4 heterocycles. The third kappa shape index (κ3) is 5.21. The van der Waals surface area contributed by atoms with Gasteiger partial charge in [-0.15, -0.1) is 11.3 Å². The van der Waals surface area contributed by atoms with E-state index >= 15 is 0 Å². The van der Waals surface area contributed by atoms with Gasteiger partial charge >= 0.3 is 0 Å². The largest absolute Gasteiger partial charge is 0.309 e. The van der Waals surface area contributed by atoms with Gasteiger partial charge in [-0.2, -0.15) is 0 Å². The Labute approximate surface area is 372 Å². The Morgan fingerprint density at radius 3 is 1.08 bits per heavy atom. The summed E-state index contributed by atoms with van der Waals surface area (Å²) in [4.78, 5) is 0. The Hall–Kier alpha value is -8.18. The van der Waals surface area contributed by atoms with Crippen LogP contribution >= 0.6 is 11.3 Å². The molecule has 10 aromatic carbocycles. The molecule has 0 unspecified atom stereocenters. The fourth-order valence-corrected chi connectivity index (χ4v) is 11.7. The Balaban J connectivity index is 0.893. The highest BCUT2D eigenvalue weighted by Gasteiger charge is 2.19. The van der Waals surface area contributed by atoms with Gasteiger partial charge in [0.25, 0.3) is 0 Å². The van der Waals surface area contributed by atoms with Crippen molar-refractivity contribution in [2.45, 2.75) is 0 Å². The zero-order valence-corrected chi connectivity index (χ0v) is 35.4. The molecule has 0 spiro atoms. The van der Waals surface area contributed by atoms with Crippen LogP contribution in [0.25, 0.3) is 125 Å². The van der Waals surface area contributed by atoms with Gasteiger partial charge in [0.15, 0.2) is 0 Å². The predicted octanol–water partition coefficient (Wildman–Crippen LogP) is 16.7. The molecule has 14 aromatic rings. The average molecular weight is 832 g/mol. The van der Waals surface area contributed by atoms with Crippen molar-refractivity contribution in [1.29, 1.82) is 0 Å². The summed E-state index contributed by atoms with van der Waals surface area (Å²) < 4.78 is 9.95. The van der Waals surface area contributed by atoms with Gasteiger partial charge in [0.1, 0.15) is 0 Å². The van der Waals surface area contributed by atoms with Crippen molar-refractivity contribution in [3.05, 3.63) is 224 Å². The van der Waals surface area contributed by atoms with Gasteiger partial charge in [-0.3, -0.25) is 0 Å². The van der Waals surface area contributed by atoms with E-state index in [9.17, 15) is 0 Å². The first-order valence-corrected chi connectivity index (χ1v) is 22.7. The molecular weight excluding hydrogens is 795 g/mol. The Kier molecular flexibility index (Phi) is 7.56. The molecule has 0 aliphatic carbocycles. The SMILES string of the molecule is c1ccc2c(c1)sc1cc3c(cc12)c1ccccc1n3-c1ccc(-c2ccc(-c3cc(-n4c5ccccc5c5ccccc54)cc(-n4c5ccccc5c5ccccc54)c3)cc2)cc1. The van der Waals surface area contributed by atoms with Crippen LogP contribution in [0.1, 0.15) is 0 Å². The van der Waals surface area contributed by atoms with E-state index in [1.54, 1.807) is 0 Å². The highest BCUT2D eigenvalue weighted by atomic mass is 32.1. The standard InChI is InChI=1S/C60H37N3S/c1-7-19-53-45(13-1)46-14-2-8-20-54(46)62(53)43-33-41(34-44(35-43)63-55-21-9-3-15-47(55)48-16-4-10-22-56(48)63)40-27-25-38(26-28-40)39-29-31-42(32-30-39)61-57-23-11-5-17-49(57)51-36-52-50-18-6-12-24-59(50)64-60(52)37-58(51)61/h1-37H. The van der Waals surface area contributed by atoms with E-state index in [-0.39, 0.29) is 0 Å². The molecule has 64 heavy (non-hydrogen) atoms.